The molecule has 1 saturated heterocycles. The summed E-state index contributed by atoms with van der Waals surface area (Å²) in [6, 6.07) is 12.2. The van der Waals surface area contributed by atoms with E-state index in [-0.39, 0.29) is 29.9 Å². The lowest BCUT2D eigenvalue weighted by atomic mass is 10.2. The highest BCUT2D eigenvalue weighted by atomic mass is 19.4. The Labute approximate surface area is 174 Å². The Kier molecular flexibility index (Phi) is 5.38. The van der Waals surface area contributed by atoms with Crippen molar-refractivity contribution in [3.63, 3.8) is 0 Å². The molecule has 4 rings (SSSR count). The lowest BCUT2D eigenvalue weighted by Gasteiger charge is -2.36. The topological polar surface area (TPSA) is 58.4 Å². The number of rotatable bonds is 3. The van der Waals surface area contributed by atoms with E-state index in [2.05, 4.69) is 4.98 Å². The number of carbonyl (C=O) groups is 1. The van der Waals surface area contributed by atoms with Crippen LogP contribution in [0.25, 0.3) is 11.0 Å². The SMILES string of the molecule is O=C(Cn1c(=O)c(C(F)(F)F)nc2ccccc21)N1CCN(c2ccccc2F)CC1. The number of benzene rings is 2. The molecule has 3 aromatic rings. The van der Waals surface area contributed by atoms with E-state index < -0.39 is 29.9 Å². The molecule has 2 heterocycles. The van der Waals surface area contributed by atoms with Crippen molar-refractivity contribution in [3.8, 4) is 0 Å². The molecule has 0 atom stereocenters. The Morgan fingerprint density at radius 1 is 0.968 bits per heavy atom. The molecule has 31 heavy (non-hydrogen) atoms. The summed E-state index contributed by atoms with van der Waals surface area (Å²) >= 11 is 0. The van der Waals surface area contributed by atoms with Crippen molar-refractivity contribution in [1.29, 1.82) is 0 Å². The highest BCUT2D eigenvalue weighted by Gasteiger charge is 2.37. The lowest BCUT2D eigenvalue weighted by molar-refractivity contribution is -0.142. The van der Waals surface area contributed by atoms with Gasteiger partial charge in [-0.25, -0.2) is 9.37 Å². The third-order valence-electron chi connectivity index (χ3n) is 5.24. The highest BCUT2D eigenvalue weighted by molar-refractivity contribution is 5.80. The van der Waals surface area contributed by atoms with Crippen LogP contribution in [-0.4, -0.2) is 46.5 Å². The minimum absolute atomic E-state index is 0.0217. The smallest absolute Gasteiger partial charge is 0.366 e. The predicted molar refractivity (Wildman–Crippen MR) is 106 cm³/mol. The van der Waals surface area contributed by atoms with Crippen LogP contribution < -0.4 is 10.5 Å². The minimum atomic E-state index is -4.93. The molecule has 1 amide bonds. The number of alkyl halides is 3. The monoisotopic (exact) mass is 434 g/mol. The molecule has 1 aliphatic heterocycles. The highest BCUT2D eigenvalue weighted by Crippen LogP contribution is 2.26. The van der Waals surface area contributed by atoms with Gasteiger partial charge in [-0.2, -0.15) is 13.2 Å². The van der Waals surface area contributed by atoms with Gasteiger partial charge in [0.05, 0.1) is 16.7 Å². The van der Waals surface area contributed by atoms with Gasteiger partial charge >= 0.3 is 6.18 Å². The van der Waals surface area contributed by atoms with Crippen LogP contribution in [0.4, 0.5) is 23.2 Å². The summed E-state index contributed by atoms with van der Waals surface area (Å²) < 4.78 is 54.6. The van der Waals surface area contributed by atoms with Crippen molar-refractivity contribution in [2.24, 2.45) is 0 Å². The third-order valence-corrected chi connectivity index (χ3v) is 5.24. The van der Waals surface area contributed by atoms with Crippen molar-refractivity contribution < 1.29 is 22.4 Å². The van der Waals surface area contributed by atoms with Gasteiger partial charge in [0, 0.05) is 26.2 Å². The largest absolute Gasteiger partial charge is 0.438 e. The maximum atomic E-state index is 14.0. The molecule has 1 fully saturated rings. The molecule has 0 aliphatic carbocycles. The second-order valence-electron chi connectivity index (χ2n) is 7.16. The van der Waals surface area contributed by atoms with E-state index in [9.17, 15) is 27.2 Å². The van der Waals surface area contributed by atoms with E-state index in [1.165, 1.54) is 29.2 Å². The average Bonchev–Trinajstić information content (AvgIpc) is 2.75. The predicted octanol–water partition coefficient (Wildman–Crippen LogP) is 2.90. The molecule has 0 bridgehead atoms. The Balaban J connectivity index is 1.56. The lowest BCUT2D eigenvalue weighted by Crippen LogP contribution is -2.50. The van der Waals surface area contributed by atoms with Gasteiger partial charge in [0.25, 0.3) is 5.56 Å². The summed E-state index contributed by atoms with van der Waals surface area (Å²) in [7, 11) is 0. The van der Waals surface area contributed by atoms with Crippen molar-refractivity contribution in [3.05, 3.63) is 70.4 Å². The number of hydrogen-bond acceptors (Lipinski definition) is 4. The molecule has 0 N–H and O–H groups in total. The van der Waals surface area contributed by atoms with Crippen molar-refractivity contribution in [1.82, 2.24) is 14.5 Å². The van der Waals surface area contributed by atoms with Crippen LogP contribution in [-0.2, 0) is 17.5 Å². The van der Waals surface area contributed by atoms with Gasteiger partial charge in [0.1, 0.15) is 12.4 Å². The van der Waals surface area contributed by atoms with E-state index in [1.54, 1.807) is 29.2 Å². The molecule has 0 unspecified atom stereocenters. The van der Waals surface area contributed by atoms with Crippen molar-refractivity contribution in [2.45, 2.75) is 12.7 Å². The van der Waals surface area contributed by atoms with Crippen LogP contribution in [0.3, 0.4) is 0 Å². The molecular formula is C21H18F4N4O2. The summed E-state index contributed by atoms with van der Waals surface area (Å²) in [5, 5.41) is 0. The number of amides is 1. The summed E-state index contributed by atoms with van der Waals surface area (Å²) in [5.74, 6) is -0.850. The Morgan fingerprint density at radius 3 is 2.29 bits per heavy atom. The standard InChI is InChI=1S/C21H18F4N4O2/c22-14-5-1-3-7-16(14)27-9-11-28(12-10-27)18(30)13-29-17-8-4-2-6-15(17)26-19(20(29)31)21(23,24)25/h1-8H,9-13H2. The first-order valence-corrected chi connectivity index (χ1v) is 9.60. The summed E-state index contributed by atoms with van der Waals surface area (Å²) in [4.78, 5) is 32.0. The van der Waals surface area contributed by atoms with Crippen LogP contribution in [0.5, 0.6) is 0 Å². The molecule has 0 spiro atoms. The van der Waals surface area contributed by atoms with Gasteiger partial charge in [-0.05, 0) is 24.3 Å². The number of carbonyl (C=O) groups excluding carboxylic acids is 1. The van der Waals surface area contributed by atoms with Crippen molar-refractivity contribution >= 4 is 22.6 Å². The third kappa shape index (κ3) is 4.10. The summed E-state index contributed by atoms with van der Waals surface area (Å²) in [5.41, 5.74) is -2.35. The zero-order chi connectivity index (χ0) is 22.2. The quantitative estimate of drug-likeness (QED) is 0.595. The van der Waals surface area contributed by atoms with Gasteiger partial charge in [-0.1, -0.05) is 24.3 Å². The second kappa shape index (κ2) is 8.01. The summed E-state index contributed by atoms with van der Waals surface area (Å²) in [6.07, 6.45) is -4.93. The van der Waals surface area contributed by atoms with Crippen LogP contribution in [0.1, 0.15) is 5.69 Å². The van der Waals surface area contributed by atoms with E-state index in [1.807, 2.05) is 0 Å². The minimum Gasteiger partial charge on any atom is -0.366 e. The van der Waals surface area contributed by atoms with Gasteiger partial charge in [0.15, 0.2) is 0 Å². The zero-order valence-electron chi connectivity index (χ0n) is 16.3. The fourth-order valence-corrected chi connectivity index (χ4v) is 3.67. The first-order valence-electron chi connectivity index (χ1n) is 9.60. The number of hydrogen-bond donors (Lipinski definition) is 0. The van der Waals surface area contributed by atoms with E-state index in [0.717, 1.165) is 4.57 Å². The van der Waals surface area contributed by atoms with Crippen LogP contribution >= 0.6 is 0 Å². The Morgan fingerprint density at radius 2 is 1.61 bits per heavy atom. The van der Waals surface area contributed by atoms with E-state index in [0.29, 0.717) is 18.8 Å². The maximum Gasteiger partial charge on any atom is 0.438 e. The number of nitrogens with zero attached hydrogens (tertiary/aromatic N) is 4. The molecule has 6 nitrogen and oxygen atoms in total. The molecule has 0 saturated carbocycles. The van der Waals surface area contributed by atoms with Crippen LogP contribution in [0.2, 0.25) is 0 Å². The fraction of sp³-hybridized carbons (Fsp3) is 0.286. The van der Waals surface area contributed by atoms with Crippen molar-refractivity contribution in [2.75, 3.05) is 31.1 Å². The Hall–Kier alpha value is -3.43. The van der Waals surface area contributed by atoms with E-state index >= 15 is 0 Å². The average molecular weight is 434 g/mol. The first kappa shape index (κ1) is 20.8. The van der Waals surface area contributed by atoms with Gasteiger partial charge in [-0.15, -0.1) is 0 Å². The molecule has 10 heteroatoms. The number of anilines is 1. The van der Waals surface area contributed by atoms with Gasteiger partial charge < -0.3 is 9.80 Å². The molecule has 1 aromatic heterocycles. The summed E-state index contributed by atoms with van der Waals surface area (Å²) in [6.45, 7) is 0.720. The van der Waals surface area contributed by atoms with Crippen LogP contribution in [0, 0.1) is 5.82 Å². The molecule has 0 radical (unpaired) electrons. The first-order chi connectivity index (χ1) is 14.8. The van der Waals surface area contributed by atoms with E-state index in [4.69, 9.17) is 0 Å². The normalized spacial score (nSPS) is 14.8. The number of halogens is 4. The molecule has 1 aliphatic rings. The van der Waals surface area contributed by atoms with Gasteiger partial charge in [-0.3, -0.25) is 14.2 Å². The number of para-hydroxylation sites is 3. The maximum absolute atomic E-state index is 14.0. The zero-order valence-corrected chi connectivity index (χ0v) is 16.3. The second-order valence-corrected chi connectivity index (χ2v) is 7.16. The number of piperazine rings is 1. The number of fused-ring (bicyclic) bond motifs is 1. The molecule has 162 valence electrons. The van der Waals surface area contributed by atoms with Gasteiger partial charge in [0.2, 0.25) is 11.6 Å². The molecule has 2 aromatic carbocycles. The fourth-order valence-electron chi connectivity index (χ4n) is 3.67. The molecular weight excluding hydrogens is 416 g/mol. The van der Waals surface area contributed by atoms with Crippen LogP contribution in [0.15, 0.2) is 53.3 Å². The number of aromatic nitrogens is 2. The Bertz CT molecular complexity index is 1180.